The van der Waals surface area contributed by atoms with Crippen LogP contribution in [-0.2, 0) is 17.8 Å². The van der Waals surface area contributed by atoms with Crippen LogP contribution in [0.25, 0.3) is 11.4 Å². The van der Waals surface area contributed by atoms with Crippen molar-refractivity contribution < 1.29 is 4.79 Å². The normalized spacial score (nSPS) is 10.6. The van der Waals surface area contributed by atoms with Gasteiger partial charge < -0.3 is 10.3 Å². The highest BCUT2D eigenvalue weighted by Gasteiger charge is 2.12. The van der Waals surface area contributed by atoms with Gasteiger partial charge >= 0.3 is 0 Å². The van der Waals surface area contributed by atoms with Crippen LogP contribution in [0.4, 0.5) is 0 Å². The van der Waals surface area contributed by atoms with E-state index in [0.29, 0.717) is 28.7 Å². The Morgan fingerprint density at radius 1 is 1.20 bits per heavy atom. The number of hydrogen-bond acceptors (Lipinski definition) is 6. The van der Waals surface area contributed by atoms with Crippen LogP contribution in [0.5, 0.6) is 0 Å². The van der Waals surface area contributed by atoms with Gasteiger partial charge in [-0.1, -0.05) is 0 Å². The van der Waals surface area contributed by atoms with Crippen molar-refractivity contribution in [3.63, 3.8) is 0 Å². The number of nitrogens with zero attached hydrogens (tertiary/aromatic N) is 4. The van der Waals surface area contributed by atoms with Crippen LogP contribution in [-0.4, -0.2) is 36.0 Å². The Balaban J connectivity index is 1.62. The number of carbonyl (C=O) groups is 1. The van der Waals surface area contributed by atoms with Crippen molar-refractivity contribution in [1.29, 1.82) is 0 Å². The van der Waals surface area contributed by atoms with Crippen molar-refractivity contribution in [3.8, 4) is 11.4 Å². The van der Waals surface area contributed by atoms with Crippen molar-refractivity contribution in [2.24, 2.45) is 0 Å². The number of aromatic nitrogens is 6. The van der Waals surface area contributed by atoms with Gasteiger partial charge in [-0.2, -0.15) is 5.10 Å². The van der Waals surface area contributed by atoms with Crippen LogP contribution in [0.3, 0.4) is 0 Å². The molecule has 3 rings (SSSR count). The fraction of sp³-hybridized carbons (Fsp3) is 0.250. The summed E-state index contributed by atoms with van der Waals surface area (Å²) < 4.78 is 0. The Hall–Kier alpha value is -3.36. The maximum atomic E-state index is 12.1. The van der Waals surface area contributed by atoms with Crippen LogP contribution in [0.15, 0.2) is 29.3 Å². The molecule has 0 aliphatic heterocycles. The van der Waals surface area contributed by atoms with E-state index in [9.17, 15) is 9.59 Å². The van der Waals surface area contributed by atoms with E-state index in [-0.39, 0.29) is 24.4 Å². The van der Waals surface area contributed by atoms with E-state index in [1.54, 1.807) is 38.4 Å². The third-order valence-corrected chi connectivity index (χ3v) is 3.60. The highest BCUT2D eigenvalue weighted by molar-refractivity contribution is 5.78. The number of aromatic amines is 2. The molecule has 0 atom stereocenters. The molecule has 0 aliphatic carbocycles. The fourth-order valence-corrected chi connectivity index (χ4v) is 2.37. The number of amides is 1. The van der Waals surface area contributed by atoms with Crippen molar-refractivity contribution in [2.75, 3.05) is 0 Å². The molecule has 25 heavy (non-hydrogen) atoms. The maximum Gasteiger partial charge on any atom is 0.254 e. The Morgan fingerprint density at radius 3 is 2.68 bits per heavy atom. The summed E-state index contributed by atoms with van der Waals surface area (Å²) in [6.45, 7) is 3.60. The number of hydrogen-bond donors (Lipinski definition) is 3. The number of aryl methyl sites for hydroxylation is 2. The molecule has 128 valence electrons. The third kappa shape index (κ3) is 3.94. The molecule has 9 nitrogen and oxygen atoms in total. The second-order valence-electron chi connectivity index (χ2n) is 5.51. The second kappa shape index (κ2) is 7.04. The molecule has 0 aliphatic rings. The summed E-state index contributed by atoms with van der Waals surface area (Å²) in [5.74, 6) is 1.28. The summed E-state index contributed by atoms with van der Waals surface area (Å²) in [7, 11) is 0. The lowest BCUT2D eigenvalue weighted by Gasteiger charge is -2.05. The first kappa shape index (κ1) is 16.5. The van der Waals surface area contributed by atoms with E-state index >= 15 is 0 Å². The summed E-state index contributed by atoms with van der Waals surface area (Å²) in [6.07, 6.45) is 3.27. The van der Waals surface area contributed by atoms with Crippen molar-refractivity contribution in [2.45, 2.75) is 26.8 Å². The van der Waals surface area contributed by atoms with Gasteiger partial charge in [-0.05, 0) is 26.0 Å². The lowest BCUT2D eigenvalue weighted by molar-refractivity contribution is -0.120. The summed E-state index contributed by atoms with van der Waals surface area (Å²) in [5.41, 5.74) is 1.45. The Morgan fingerprint density at radius 2 is 1.96 bits per heavy atom. The molecule has 0 bridgehead atoms. The molecular formula is C16H17N7O2. The zero-order chi connectivity index (χ0) is 17.8. The average molecular weight is 339 g/mol. The van der Waals surface area contributed by atoms with Crippen LogP contribution in [0.2, 0.25) is 0 Å². The first-order chi connectivity index (χ1) is 12.0. The number of nitrogens with one attached hydrogen (secondary N) is 3. The van der Waals surface area contributed by atoms with Gasteiger partial charge in [0.1, 0.15) is 11.6 Å². The first-order valence-corrected chi connectivity index (χ1v) is 7.67. The third-order valence-electron chi connectivity index (χ3n) is 3.60. The van der Waals surface area contributed by atoms with E-state index in [0.717, 1.165) is 5.56 Å². The van der Waals surface area contributed by atoms with Gasteiger partial charge in [-0.3, -0.25) is 19.7 Å². The zero-order valence-corrected chi connectivity index (χ0v) is 13.8. The SMILES string of the molecule is Cc1nc(C)c(CC(=O)NCc2nc(-c3ccncc3)n[nH]2)c(=O)[nH]1. The summed E-state index contributed by atoms with van der Waals surface area (Å²) in [4.78, 5) is 39.0. The molecule has 3 heterocycles. The van der Waals surface area contributed by atoms with Gasteiger partial charge in [0.25, 0.3) is 5.56 Å². The quantitative estimate of drug-likeness (QED) is 0.618. The molecule has 3 aromatic rings. The molecule has 0 fully saturated rings. The monoisotopic (exact) mass is 339 g/mol. The lowest BCUT2D eigenvalue weighted by Crippen LogP contribution is -2.29. The number of carbonyl (C=O) groups excluding carboxylic acids is 1. The van der Waals surface area contributed by atoms with Crippen LogP contribution >= 0.6 is 0 Å². The highest BCUT2D eigenvalue weighted by Crippen LogP contribution is 2.12. The minimum absolute atomic E-state index is 0.0419. The Bertz CT molecular complexity index is 947. The van der Waals surface area contributed by atoms with Crippen molar-refractivity contribution in [1.82, 2.24) is 35.5 Å². The van der Waals surface area contributed by atoms with Gasteiger partial charge in [0.2, 0.25) is 5.91 Å². The molecule has 0 saturated heterocycles. The fourth-order valence-electron chi connectivity index (χ4n) is 2.37. The minimum Gasteiger partial charge on any atom is -0.349 e. The van der Waals surface area contributed by atoms with Crippen LogP contribution in [0, 0.1) is 13.8 Å². The van der Waals surface area contributed by atoms with Gasteiger partial charge in [-0.25, -0.2) is 9.97 Å². The summed E-state index contributed by atoms with van der Waals surface area (Å²) in [5, 5.41) is 9.60. The standard InChI is InChI=1S/C16H17N7O2/c1-9-12(16(25)20-10(2)19-9)7-14(24)18-8-13-21-15(23-22-13)11-3-5-17-6-4-11/h3-6H,7-8H2,1-2H3,(H,18,24)(H,19,20,25)(H,21,22,23). The molecule has 0 spiro atoms. The predicted molar refractivity (Wildman–Crippen MR) is 89.5 cm³/mol. The Kier molecular flexibility index (Phi) is 4.64. The van der Waals surface area contributed by atoms with Gasteiger partial charge in [0.05, 0.1) is 13.0 Å². The number of H-pyrrole nitrogens is 2. The van der Waals surface area contributed by atoms with E-state index < -0.39 is 0 Å². The highest BCUT2D eigenvalue weighted by atomic mass is 16.2. The second-order valence-corrected chi connectivity index (χ2v) is 5.51. The van der Waals surface area contributed by atoms with Crippen molar-refractivity contribution in [3.05, 3.63) is 57.8 Å². The molecule has 3 aromatic heterocycles. The largest absolute Gasteiger partial charge is 0.349 e. The summed E-state index contributed by atoms with van der Waals surface area (Å²) in [6, 6.07) is 3.59. The van der Waals surface area contributed by atoms with E-state index in [1.165, 1.54) is 0 Å². The smallest absolute Gasteiger partial charge is 0.254 e. The minimum atomic E-state index is -0.292. The molecule has 0 unspecified atom stereocenters. The molecule has 1 amide bonds. The number of pyridine rings is 1. The van der Waals surface area contributed by atoms with Crippen molar-refractivity contribution >= 4 is 5.91 Å². The predicted octanol–water partition coefficient (Wildman–Crippen LogP) is 0.426. The molecule has 0 saturated carbocycles. The molecule has 9 heteroatoms. The Labute approximate surface area is 143 Å². The van der Waals surface area contributed by atoms with Gasteiger partial charge in [0, 0.05) is 29.2 Å². The maximum absolute atomic E-state index is 12.1. The van der Waals surface area contributed by atoms with Crippen LogP contribution < -0.4 is 10.9 Å². The lowest BCUT2D eigenvalue weighted by atomic mass is 10.1. The zero-order valence-electron chi connectivity index (χ0n) is 13.8. The number of rotatable bonds is 5. The average Bonchev–Trinajstić information content (AvgIpc) is 3.06. The van der Waals surface area contributed by atoms with Gasteiger partial charge in [0.15, 0.2) is 5.82 Å². The summed E-state index contributed by atoms with van der Waals surface area (Å²) >= 11 is 0. The molecule has 0 radical (unpaired) electrons. The first-order valence-electron chi connectivity index (χ1n) is 7.67. The van der Waals surface area contributed by atoms with Gasteiger partial charge in [-0.15, -0.1) is 0 Å². The molecular weight excluding hydrogens is 322 g/mol. The topological polar surface area (TPSA) is 129 Å². The van der Waals surface area contributed by atoms with Crippen LogP contribution in [0.1, 0.15) is 22.9 Å². The van der Waals surface area contributed by atoms with E-state index in [1.807, 2.05) is 0 Å². The van der Waals surface area contributed by atoms with E-state index in [2.05, 4.69) is 35.5 Å². The molecule has 0 aromatic carbocycles. The molecule has 3 N–H and O–H groups in total. The van der Waals surface area contributed by atoms with E-state index in [4.69, 9.17) is 0 Å².